The third-order valence-electron chi connectivity index (χ3n) is 10.9. The van der Waals surface area contributed by atoms with Gasteiger partial charge in [0.1, 0.15) is 6.67 Å². The lowest BCUT2D eigenvalue weighted by atomic mass is 9.50. The molecule has 1 heterocycles. The molecule has 198 valence electrons. The van der Waals surface area contributed by atoms with Crippen LogP contribution in [0.4, 0.5) is 4.39 Å². The molecule has 5 unspecified atom stereocenters. The Morgan fingerprint density at radius 2 is 1.69 bits per heavy atom. The number of aliphatic hydroxyl groups is 2. The molecule has 0 aromatic heterocycles. The molecule has 3 saturated carbocycles. The summed E-state index contributed by atoms with van der Waals surface area (Å²) in [4.78, 5) is 0. The van der Waals surface area contributed by atoms with Gasteiger partial charge >= 0.3 is 0 Å². The molecule has 1 aromatic rings. The van der Waals surface area contributed by atoms with Crippen LogP contribution >= 0.6 is 0 Å². The molecule has 4 aliphatic carbocycles. The van der Waals surface area contributed by atoms with Gasteiger partial charge in [-0.15, -0.1) is 0 Å². The molecule has 0 radical (unpaired) electrons. The fourth-order valence-corrected chi connectivity index (χ4v) is 8.70. The molecule has 1 spiro atoms. The molecular formula is C31H43FO4. The largest absolute Gasteiger partial charge is 0.392 e. The summed E-state index contributed by atoms with van der Waals surface area (Å²) in [5.41, 5.74) is 3.73. The van der Waals surface area contributed by atoms with Crippen molar-refractivity contribution >= 4 is 0 Å². The Morgan fingerprint density at radius 3 is 2.36 bits per heavy atom. The van der Waals surface area contributed by atoms with Gasteiger partial charge in [0.05, 0.1) is 25.4 Å². The number of hydrogen-bond acceptors (Lipinski definition) is 4. The molecule has 36 heavy (non-hydrogen) atoms. The van der Waals surface area contributed by atoms with Crippen LogP contribution < -0.4 is 0 Å². The standard InChI is InChI=1S/C31H43FO4/c1-28(2)18-35-31(36-19-28)13-10-23-22(14-31)8-9-24-26-11-12-30(34,17-32)29(26,3)15-25(27(23)24)21-6-4-20(16-33)5-7-21/h4-7,22,24-26,33-34H,8-19H2,1-3H3/t22?,24?,25?,26?,29?,30-/m1/s1. The molecule has 1 aromatic carbocycles. The fourth-order valence-electron chi connectivity index (χ4n) is 8.70. The van der Waals surface area contributed by atoms with E-state index >= 15 is 0 Å². The van der Waals surface area contributed by atoms with Gasteiger partial charge in [-0.3, -0.25) is 0 Å². The second-order valence-corrected chi connectivity index (χ2v) is 13.6. The highest BCUT2D eigenvalue weighted by molar-refractivity contribution is 5.42. The van der Waals surface area contributed by atoms with E-state index in [1.165, 1.54) is 5.56 Å². The summed E-state index contributed by atoms with van der Waals surface area (Å²) in [6.07, 6.45) is 7.30. The molecule has 4 nitrogen and oxygen atoms in total. The van der Waals surface area contributed by atoms with Crippen molar-refractivity contribution in [3.63, 3.8) is 0 Å². The first-order valence-electron chi connectivity index (χ1n) is 14.1. The Morgan fingerprint density at radius 1 is 0.972 bits per heavy atom. The second kappa shape index (κ2) is 8.62. The first-order chi connectivity index (χ1) is 17.1. The molecule has 6 rings (SSSR count). The highest BCUT2D eigenvalue weighted by atomic mass is 19.1. The van der Waals surface area contributed by atoms with Crippen molar-refractivity contribution in [3.8, 4) is 0 Å². The van der Waals surface area contributed by atoms with Crippen molar-refractivity contribution in [2.24, 2.45) is 28.6 Å². The SMILES string of the molecule is CC1(C)COC2(CCC3=C4C(c5ccc(CO)cc5)CC5(C)C(CC[C@@]5(O)CF)C4CCC3C2)OC1. The van der Waals surface area contributed by atoms with Gasteiger partial charge in [0, 0.05) is 29.6 Å². The zero-order chi connectivity index (χ0) is 25.3. The summed E-state index contributed by atoms with van der Waals surface area (Å²) in [6.45, 7) is 7.43. The second-order valence-electron chi connectivity index (χ2n) is 13.6. The van der Waals surface area contributed by atoms with E-state index in [-0.39, 0.29) is 17.9 Å². The number of fused-ring (bicyclic) bond motifs is 4. The number of allylic oxidation sites excluding steroid dienone is 2. The van der Waals surface area contributed by atoms with Gasteiger partial charge in [0.15, 0.2) is 5.79 Å². The molecule has 5 heteroatoms. The maximum Gasteiger partial charge on any atom is 0.169 e. The van der Waals surface area contributed by atoms with Crippen LogP contribution in [0.25, 0.3) is 0 Å². The van der Waals surface area contributed by atoms with E-state index in [0.717, 1.165) is 63.7 Å². The third kappa shape index (κ3) is 3.75. The van der Waals surface area contributed by atoms with Gasteiger partial charge in [-0.05, 0) is 67.4 Å². The van der Waals surface area contributed by atoms with E-state index in [2.05, 4.69) is 32.9 Å². The van der Waals surface area contributed by atoms with Crippen molar-refractivity contribution in [1.82, 2.24) is 0 Å². The van der Waals surface area contributed by atoms with E-state index in [1.54, 1.807) is 11.1 Å². The Kier molecular flexibility index (Phi) is 6.00. The summed E-state index contributed by atoms with van der Waals surface area (Å²) in [5.74, 6) is 0.934. The van der Waals surface area contributed by atoms with Gasteiger partial charge in [-0.2, -0.15) is 0 Å². The Hall–Kier alpha value is -1.27. The molecule has 1 aliphatic heterocycles. The van der Waals surface area contributed by atoms with Crippen molar-refractivity contribution in [3.05, 3.63) is 46.5 Å². The third-order valence-corrected chi connectivity index (χ3v) is 10.9. The van der Waals surface area contributed by atoms with Crippen molar-refractivity contribution in [1.29, 1.82) is 0 Å². The molecule has 4 fully saturated rings. The maximum atomic E-state index is 14.4. The number of hydrogen-bond donors (Lipinski definition) is 2. The van der Waals surface area contributed by atoms with Crippen molar-refractivity contribution in [2.75, 3.05) is 19.9 Å². The average molecular weight is 499 g/mol. The Labute approximate surface area is 215 Å². The number of benzene rings is 1. The summed E-state index contributed by atoms with van der Waals surface area (Å²) >= 11 is 0. The summed E-state index contributed by atoms with van der Waals surface area (Å²) in [7, 11) is 0. The van der Waals surface area contributed by atoms with E-state index in [0.29, 0.717) is 24.2 Å². The fraction of sp³-hybridized carbons (Fsp3) is 0.742. The zero-order valence-corrected chi connectivity index (χ0v) is 22.2. The van der Waals surface area contributed by atoms with E-state index in [9.17, 15) is 14.6 Å². The van der Waals surface area contributed by atoms with Crippen LogP contribution in [0.2, 0.25) is 0 Å². The lowest BCUT2D eigenvalue weighted by Crippen LogP contribution is -2.54. The monoisotopic (exact) mass is 498 g/mol. The van der Waals surface area contributed by atoms with Gasteiger partial charge in [0.25, 0.3) is 0 Å². The van der Waals surface area contributed by atoms with Crippen LogP contribution in [-0.2, 0) is 16.1 Å². The first-order valence-corrected chi connectivity index (χ1v) is 14.1. The zero-order valence-electron chi connectivity index (χ0n) is 22.2. The highest BCUT2D eigenvalue weighted by Gasteiger charge is 2.63. The number of rotatable bonds is 3. The minimum Gasteiger partial charge on any atom is -0.392 e. The molecule has 0 bridgehead atoms. The van der Waals surface area contributed by atoms with Crippen molar-refractivity contribution in [2.45, 2.75) is 96.1 Å². The van der Waals surface area contributed by atoms with Crippen LogP contribution in [0.15, 0.2) is 35.4 Å². The van der Waals surface area contributed by atoms with Crippen LogP contribution in [0.1, 0.15) is 89.2 Å². The summed E-state index contributed by atoms with van der Waals surface area (Å²) < 4.78 is 27.2. The predicted octanol–water partition coefficient (Wildman–Crippen LogP) is 6.06. The normalized spacial score (nSPS) is 41.1. The van der Waals surface area contributed by atoms with E-state index < -0.39 is 23.5 Å². The quantitative estimate of drug-likeness (QED) is 0.498. The molecule has 6 atom stereocenters. The lowest BCUT2D eigenvalue weighted by Gasteiger charge is -2.56. The molecule has 0 amide bonds. The summed E-state index contributed by atoms with van der Waals surface area (Å²) in [5, 5.41) is 21.1. The minimum atomic E-state index is -1.23. The number of halogens is 1. The van der Waals surface area contributed by atoms with Crippen LogP contribution in [0, 0.1) is 28.6 Å². The topological polar surface area (TPSA) is 58.9 Å². The van der Waals surface area contributed by atoms with Gasteiger partial charge in [0.2, 0.25) is 0 Å². The van der Waals surface area contributed by atoms with E-state index in [1.807, 2.05) is 12.1 Å². The van der Waals surface area contributed by atoms with Crippen LogP contribution in [-0.4, -0.2) is 41.5 Å². The van der Waals surface area contributed by atoms with Gasteiger partial charge < -0.3 is 19.7 Å². The van der Waals surface area contributed by atoms with E-state index in [4.69, 9.17) is 9.47 Å². The summed E-state index contributed by atoms with van der Waals surface area (Å²) in [6, 6.07) is 8.33. The average Bonchev–Trinajstić information content (AvgIpc) is 3.16. The smallest absolute Gasteiger partial charge is 0.169 e. The number of aliphatic hydroxyl groups excluding tert-OH is 1. The van der Waals surface area contributed by atoms with Crippen LogP contribution in [0.5, 0.6) is 0 Å². The van der Waals surface area contributed by atoms with Crippen molar-refractivity contribution < 1.29 is 24.1 Å². The lowest BCUT2D eigenvalue weighted by molar-refractivity contribution is -0.312. The van der Waals surface area contributed by atoms with Crippen LogP contribution in [0.3, 0.4) is 0 Å². The highest BCUT2D eigenvalue weighted by Crippen LogP contribution is 2.67. The number of ether oxygens (including phenoxy) is 2. The molecule has 1 saturated heterocycles. The van der Waals surface area contributed by atoms with Gasteiger partial charge in [-0.1, -0.05) is 56.2 Å². The maximum absolute atomic E-state index is 14.4. The first kappa shape index (κ1) is 25.0. The Balaban J connectivity index is 1.39. The molecule has 2 N–H and O–H groups in total. The van der Waals surface area contributed by atoms with Gasteiger partial charge in [-0.25, -0.2) is 4.39 Å². The number of alkyl halides is 1. The minimum absolute atomic E-state index is 0.0316. The molecule has 5 aliphatic rings. The molecular weight excluding hydrogens is 455 g/mol. The predicted molar refractivity (Wildman–Crippen MR) is 137 cm³/mol. The Bertz CT molecular complexity index is 1020.